The Bertz CT molecular complexity index is 3540. The first-order valence-corrected chi connectivity index (χ1v) is 21.1. The second-order valence-corrected chi connectivity index (χ2v) is 16.2. The van der Waals surface area contributed by atoms with Crippen LogP contribution in [-0.2, 0) is 5.41 Å². The van der Waals surface area contributed by atoms with Gasteiger partial charge in [-0.2, -0.15) is 0 Å². The van der Waals surface area contributed by atoms with Gasteiger partial charge in [0.2, 0.25) is 0 Å². The fourth-order valence-electron chi connectivity index (χ4n) is 10.4. The first-order valence-electron chi connectivity index (χ1n) is 21.1. The second-order valence-electron chi connectivity index (χ2n) is 16.2. The van der Waals surface area contributed by atoms with Crippen LogP contribution < -0.4 is 0 Å². The first-order chi connectivity index (χ1) is 30.7. The molecule has 2 aliphatic rings. The van der Waals surface area contributed by atoms with Gasteiger partial charge in [-0.15, -0.1) is 0 Å². The maximum absolute atomic E-state index is 6.25. The molecule has 0 atom stereocenters. The topological polar surface area (TPSA) is 51.8 Å². The van der Waals surface area contributed by atoms with Crippen LogP contribution in [0.5, 0.6) is 0 Å². The molecule has 11 aromatic rings. The molecular weight excluding hydrogens is 755 g/mol. The Morgan fingerprint density at radius 2 is 0.774 bits per heavy atom. The van der Waals surface area contributed by atoms with Crippen molar-refractivity contribution in [3.8, 4) is 78.7 Å². The van der Waals surface area contributed by atoms with Gasteiger partial charge in [0.1, 0.15) is 11.2 Å². The van der Waals surface area contributed by atoms with Crippen molar-refractivity contribution in [3.63, 3.8) is 0 Å². The normalized spacial score (nSPS) is 13.0. The molecule has 9 aromatic carbocycles. The Hall–Kier alpha value is -8.21. The number of para-hydroxylation sites is 1. The third-order valence-corrected chi connectivity index (χ3v) is 13.0. The Morgan fingerprint density at radius 3 is 1.50 bits per heavy atom. The highest BCUT2D eigenvalue weighted by Gasteiger charge is 2.50. The van der Waals surface area contributed by atoms with E-state index in [1.807, 2.05) is 30.3 Å². The molecule has 62 heavy (non-hydrogen) atoms. The Balaban J connectivity index is 1.10. The van der Waals surface area contributed by atoms with E-state index in [2.05, 4.69) is 182 Å². The molecule has 0 amide bonds. The van der Waals surface area contributed by atoms with Crippen molar-refractivity contribution >= 4 is 21.9 Å². The lowest BCUT2D eigenvalue weighted by molar-refractivity contribution is 0.669. The fourth-order valence-corrected chi connectivity index (χ4v) is 10.4. The molecule has 0 saturated heterocycles. The number of fused-ring (bicyclic) bond motifs is 15. The summed E-state index contributed by atoms with van der Waals surface area (Å²) in [7, 11) is 0. The van der Waals surface area contributed by atoms with E-state index in [9.17, 15) is 0 Å². The van der Waals surface area contributed by atoms with Gasteiger partial charge in [-0.1, -0.05) is 182 Å². The number of hydrogen-bond acceptors (Lipinski definition) is 4. The summed E-state index contributed by atoms with van der Waals surface area (Å²) in [6.07, 6.45) is 0. The van der Waals surface area contributed by atoms with E-state index >= 15 is 0 Å². The van der Waals surface area contributed by atoms with Crippen LogP contribution in [0.1, 0.15) is 22.3 Å². The van der Waals surface area contributed by atoms with Crippen molar-refractivity contribution in [2.45, 2.75) is 5.41 Å². The van der Waals surface area contributed by atoms with E-state index in [4.69, 9.17) is 19.4 Å². The van der Waals surface area contributed by atoms with E-state index in [1.165, 1.54) is 50.1 Å². The van der Waals surface area contributed by atoms with Crippen molar-refractivity contribution in [2.75, 3.05) is 0 Å². The molecule has 0 aliphatic heterocycles. The molecule has 2 aromatic heterocycles. The van der Waals surface area contributed by atoms with Crippen LogP contribution in [-0.4, -0.2) is 15.0 Å². The van der Waals surface area contributed by atoms with Gasteiger partial charge in [-0.05, 0) is 97.1 Å². The largest absolute Gasteiger partial charge is 0.456 e. The molecule has 0 fully saturated rings. The smallest absolute Gasteiger partial charge is 0.164 e. The van der Waals surface area contributed by atoms with E-state index in [0.717, 1.165) is 55.3 Å². The predicted octanol–water partition coefficient (Wildman–Crippen LogP) is 14.4. The number of aromatic nitrogens is 3. The van der Waals surface area contributed by atoms with Gasteiger partial charge in [0.15, 0.2) is 17.5 Å². The summed E-state index contributed by atoms with van der Waals surface area (Å²) in [5, 5.41) is 2.08. The Labute approximate surface area is 358 Å². The first kappa shape index (κ1) is 34.6. The van der Waals surface area contributed by atoms with E-state index in [1.54, 1.807) is 0 Å². The quantitative estimate of drug-likeness (QED) is 0.178. The summed E-state index contributed by atoms with van der Waals surface area (Å²) < 4.78 is 6.25. The fraction of sp³-hybridized carbons (Fsp3) is 0.0172. The van der Waals surface area contributed by atoms with Crippen LogP contribution in [0.25, 0.3) is 101 Å². The van der Waals surface area contributed by atoms with Gasteiger partial charge in [0.25, 0.3) is 0 Å². The third-order valence-electron chi connectivity index (χ3n) is 13.0. The maximum atomic E-state index is 6.25. The molecule has 4 nitrogen and oxygen atoms in total. The Kier molecular flexibility index (Phi) is 7.49. The van der Waals surface area contributed by atoms with Gasteiger partial charge >= 0.3 is 0 Å². The molecule has 2 heterocycles. The summed E-state index contributed by atoms with van der Waals surface area (Å²) >= 11 is 0. The van der Waals surface area contributed by atoms with Crippen LogP contribution >= 0.6 is 0 Å². The lowest BCUT2D eigenvalue weighted by atomic mass is 9.66. The molecule has 0 saturated carbocycles. The lowest BCUT2D eigenvalue weighted by Gasteiger charge is -2.35. The van der Waals surface area contributed by atoms with Crippen molar-refractivity contribution in [3.05, 3.63) is 235 Å². The minimum atomic E-state index is -0.621. The number of rotatable bonds is 4. The molecule has 288 valence electrons. The van der Waals surface area contributed by atoms with E-state index < -0.39 is 5.41 Å². The summed E-state index contributed by atoms with van der Waals surface area (Å²) in [5.74, 6) is 1.83. The van der Waals surface area contributed by atoms with Crippen LogP contribution in [0.2, 0.25) is 0 Å². The maximum Gasteiger partial charge on any atom is 0.164 e. The molecule has 0 bridgehead atoms. The van der Waals surface area contributed by atoms with Crippen molar-refractivity contribution in [1.29, 1.82) is 0 Å². The predicted molar refractivity (Wildman–Crippen MR) is 251 cm³/mol. The zero-order valence-electron chi connectivity index (χ0n) is 33.5. The molecule has 0 radical (unpaired) electrons. The van der Waals surface area contributed by atoms with E-state index in [-0.39, 0.29) is 0 Å². The zero-order chi connectivity index (χ0) is 40.8. The highest BCUT2D eigenvalue weighted by atomic mass is 16.3. The third kappa shape index (κ3) is 4.98. The van der Waals surface area contributed by atoms with Crippen molar-refractivity contribution in [1.82, 2.24) is 15.0 Å². The summed E-state index contributed by atoms with van der Waals surface area (Å²) in [6, 6.07) is 75.9. The number of hydrogen-bond donors (Lipinski definition) is 0. The minimum Gasteiger partial charge on any atom is -0.456 e. The van der Waals surface area contributed by atoms with Crippen LogP contribution in [0.3, 0.4) is 0 Å². The summed E-state index contributed by atoms with van der Waals surface area (Å²) in [4.78, 5) is 16.1. The van der Waals surface area contributed by atoms with Crippen molar-refractivity contribution < 1.29 is 4.42 Å². The molecule has 2 aliphatic carbocycles. The number of furan rings is 1. The average molecular weight is 790 g/mol. The molecular formula is C58H35N3O. The van der Waals surface area contributed by atoms with Gasteiger partial charge in [0, 0.05) is 27.5 Å². The van der Waals surface area contributed by atoms with Gasteiger partial charge in [-0.3, -0.25) is 0 Å². The number of benzene rings is 9. The molecule has 0 N–H and O–H groups in total. The standard InChI is InChI=1S/C58H35N3O/c1-2-16-36(17-3-1)37-18-14-19-38(34-37)55-59-56(39-32-33-53-47(35-39)44-24-9-13-31-52(44)62-53)61-57(60-55)46-26-15-30-51-54(46)45-25-8-12-29-50(45)58(51)48-27-10-6-22-42(48)40-20-4-5-21-41(40)43-23-7-11-28-49(43)58/h1-35H. The van der Waals surface area contributed by atoms with Crippen LogP contribution in [0.15, 0.2) is 217 Å². The van der Waals surface area contributed by atoms with Gasteiger partial charge < -0.3 is 4.42 Å². The Morgan fingerprint density at radius 1 is 0.290 bits per heavy atom. The zero-order valence-corrected chi connectivity index (χ0v) is 33.5. The average Bonchev–Trinajstić information content (AvgIpc) is 3.84. The second kappa shape index (κ2) is 13.4. The monoisotopic (exact) mass is 789 g/mol. The van der Waals surface area contributed by atoms with Gasteiger partial charge in [-0.25, -0.2) is 15.0 Å². The van der Waals surface area contributed by atoms with Crippen LogP contribution in [0, 0.1) is 0 Å². The van der Waals surface area contributed by atoms with E-state index in [0.29, 0.717) is 17.5 Å². The highest BCUT2D eigenvalue weighted by molar-refractivity contribution is 6.06. The lowest BCUT2D eigenvalue weighted by Crippen LogP contribution is -2.29. The number of nitrogens with zero attached hydrogens (tertiary/aromatic N) is 3. The molecule has 0 unspecified atom stereocenters. The molecule has 13 rings (SSSR count). The summed E-state index contributed by atoms with van der Waals surface area (Å²) in [5.41, 5.74) is 18.3. The minimum absolute atomic E-state index is 0.599. The highest BCUT2D eigenvalue weighted by Crippen LogP contribution is 2.62. The SMILES string of the molecule is c1ccc(-c2cccc(-c3nc(-c4ccc5oc6ccccc6c5c4)nc(-c4cccc5c4-c4ccccc4C54c5ccccc5-c5ccccc5-c5ccccc54)n3)c2)cc1. The van der Waals surface area contributed by atoms with Gasteiger partial charge in [0.05, 0.1) is 5.41 Å². The van der Waals surface area contributed by atoms with Crippen molar-refractivity contribution in [2.24, 2.45) is 0 Å². The summed E-state index contributed by atoms with van der Waals surface area (Å²) in [6.45, 7) is 0. The van der Waals surface area contributed by atoms with Crippen LogP contribution in [0.4, 0.5) is 0 Å². The molecule has 1 spiro atoms. The molecule has 4 heteroatoms.